The molecule has 0 fully saturated rings. The van der Waals surface area contributed by atoms with Gasteiger partial charge in [-0.1, -0.05) is 0 Å². The van der Waals surface area contributed by atoms with Crippen molar-refractivity contribution in [2.75, 3.05) is 0 Å². The van der Waals surface area contributed by atoms with E-state index in [9.17, 15) is 9.18 Å². The van der Waals surface area contributed by atoms with Crippen molar-refractivity contribution in [3.05, 3.63) is 59.4 Å². The molecule has 6 heteroatoms. The third-order valence-electron chi connectivity index (χ3n) is 2.52. The number of benzene rings is 2. The summed E-state index contributed by atoms with van der Waals surface area (Å²) in [5, 5.41) is 16.6. The number of aromatic hydroxyl groups is 1. The first-order chi connectivity index (χ1) is 10.2. The van der Waals surface area contributed by atoms with Crippen molar-refractivity contribution in [2.24, 2.45) is 10.2 Å². The van der Waals surface area contributed by atoms with E-state index in [0.717, 1.165) is 11.6 Å². The van der Waals surface area contributed by atoms with Crippen LogP contribution in [-0.4, -0.2) is 24.0 Å². The van der Waals surface area contributed by atoms with Gasteiger partial charge in [-0.2, -0.15) is 10.2 Å². The third kappa shape index (κ3) is 4.24. The van der Waals surface area contributed by atoms with Crippen LogP contribution in [0, 0.1) is 5.82 Å². The smallest absolute Gasteiger partial charge is 0.298 e. The van der Waals surface area contributed by atoms with Crippen LogP contribution in [0.15, 0.2) is 52.7 Å². The maximum atomic E-state index is 13.1. The second kappa shape index (κ2) is 6.95. The topological polar surface area (TPSA) is 71.2 Å². The summed E-state index contributed by atoms with van der Waals surface area (Å²) in [4.78, 5) is 10.1. The maximum absolute atomic E-state index is 13.1. The number of carbonyl (C=O) groups excluding carboxylic acids is 1. The minimum absolute atomic E-state index is 0.351. The number of hydrogen-bond acceptors (Lipinski definition) is 5. The van der Waals surface area contributed by atoms with Crippen molar-refractivity contribution in [3.8, 4) is 11.5 Å². The predicted molar refractivity (Wildman–Crippen MR) is 76.4 cm³/mol. The SMILES string of the molecule is O=COc1ccc(/C=N/N=C/c2ccc(O)c(F)c2)cc1. The van der Waals surface area contributed by atoms with Gasteiger partial charge in [-0.05, 0) is 53.6 Å². The van der Waals surface area contributed by atoms with Crippen molar-refractivity contribution >= 4 is 18.9 Å². The molecule has 0 aromatic heterocycles. The molecule has 0 radical (unpaired) electrons. The van der Waals surface area contributed by atoms with Crippen LogP contribution in [0.4, 0.5) is 4.39 Å². The van der Waals surface area contributed by atoms with Crippen molar-refractivity contribution in [1.82, 2.24) is 0 Å². The normalized spacial score (nSPS) is 11.1. The zero-order valence-electron chi connectivity index (χ0n) is 10.8. The number of rotatable bonds is 5. The third-order valence-corrected chi connectivity index (χ3v) is 2.52. The minimum Gasteiger partial charge on any atom is -0.505 e. The van der Waals surface area contributed by atoms with Gasteiger partial charge in [0, 0.05) is 0 Å². The first-order valence-electron chi connectivity index (χ1n) is 5.94. The highest BCUT2D eigenvalue weighted by Crippen LogP contribution is 2.15. The molecule has 0 amide bonds. The molecule has 0 bridgehead atoms. The fourth-order valence-corrected chi connectivity index (χ4v) is 1.49. The van der Waals surface area contributed by atoms with Gasteiger partial charge in [0.05, 0.1) is 12.4 Å². The Bertz CT molecular complexity index is 682. The summed E-state index contributed by atoms with van der Waals surface area (Å²) in [5.41, 5.74) is 1.25. The molecule has 2 aromatic carbocycles. The van der Waals surface area contributed by atoms with E-state index >= 15 is 0 Å². The summed E-state index contributed by atoms with van der Waals surface area (Å²) in [5.74, 6) is -0.688. The van der Waals surface area contributed by atoms with E-state index in [1.165, 1.54) is 24.6 Å². The van der Waals surface area contributed by atoms with Gasteiger partial charge in [0.15, 0.2) is 11.6 Å². The summed E-state index contributed by atoms with van der Waals surface area (Å²) < 4.78 is 17.7. The number of carbonyl (C=O) groups is 1. The van der Waals surface area contributed by atoms with E-state index in [4.69, 9.17) is 5.11 Å². The van der Waals surface area contributed by atoms with Gasteiger partial charge in [0.25, 0.3) is 6.47 Å². The van der Waals surface area contributed by atoms with Crippen LogP contribution in [0.25, 0.3) is 0 Å². The van der Waals surface area contributed by atoms with Gasteiger partial charge in [-0.3, -0.25) is 4.79 Å². The van der Waals surface area contributed by atoms with E-state index in [0.29, 0.717) is 17.8 Å². The van der Waals surface area contributed by atoms with Gasteiger partial charge in [0.2, 0.25) is 0 Å². The number of phenolic OH excluding ortho intramolecular Hbond substituents is 1. The molecule has 0 aliphatic rings. The lowest BCUT2D eigenvalue weighted by Gasteiger charge is -1.97. The average Bonchev–Trinajstić information content (AvgIpc) is 2.49. The lowest BCUT2D eigenvalue weighted by molar-refractivity contribution is -0.120. The monoisotopic (exact) mass is 286 g/mol. The average molecular weight is 286 g/mol. The molecule has 0 heterocycles. The summed E-state index contributed by atoms with van der Waals surface area (Å²) >= 11 is 0. The van der Waals surface area contributed by atoms with Gasteiger partial charge < -0.3 is 9.84 Å². The zero-order chi connectivity index (χ0) is 15.1. The molecule has 0 atom stereocenters. The molecular formula is C15H11FN2O3. The minimum atomic E-state index is -0.714. The van der Waals surface area contributed by atoms with E-state index in [-0.39, 0.29) is 0 Å². The van der Waals surface area contributed by atoms with E-state index in [2.05, 4.69) is 14.9 Å². The lowest BCUT2D eigenvalue weighted by atomic mass is 10.2. The van der Waals surface area contributed by atoms with Gasteiger partial charge in [0.1, 0.15) is 5.75 Å². The molecule has 0 saturated carbocycles. The largest absolute Gasteiger partial charge is 0.505 e. The van der Waals surface area contributed by atoms with Gasteiger partial charge in [-0.25, -0.2) is 4.39 Å². The number of nitrogens with zero attached hydrogens (tertiary/aromatic N) is 2. The highest BCUT2D eigenvalue weighted by molar-refractivity contribution is 5.82. The Hall–Kier alpha value is -3.02. The Morgan fingerprint density at radius 3 is 2.24 bits per heavy atom. The van der Waals surface area contributed by atoms with Crippen molar-refractivity contribution in [1.29, 1.82) is 0 Å². The quantitative estimate of drug-likeness (QED) is 0.521. The zero-order valence-corrected chi connectivity index (χ0v) is 10.8. The first kappa shape index (κ1) is 14.4. The number of ether oxygens (including phenoxy) is 1. The highest BCUT2D eigenvalue weighted by Gasteiger charge is 1.98. The number of hydrogen-bond donors (Lipinski definition) is 1. The molecule has 21 heavy (non-hydrogen) atoms. The van der Waals surface area contributed by atoms with Crippen LogP contribution >= 0.6 is 0 Å². The van der Waals surface area contributed by atoms with Crippen molar-refractivity contribution in [2.45, 2.75) is 0 Å². The van der Waals surface area contributed by atoms with Crippen LogP contribution in [0.2, 0.25) is 0 Å². The number of halogens is 1. The van der Waals surface area contributed by atoms with E-state index < -0.39 is 11.6 Å². The van der Waals surface area contributed by atoms with Crippen molar-refractivity contribution < 1.29 is 19.0 Å². The van der Waals surface area contributed by atoms with E-state index in [1.54, 1.807) is 24.3 Å². The Balaban J connectivity index is 1.99. The molecule has 1 N–H and O–H groups in total. The van der Waals surface area contributed by atoms with Crippen molar-refractivity contribution in [3.63, 3.8) is 0 Å². The fourth-order valence-electron chi connectivity index (χ4n) is 1.49. The molecule has 0 spiro atoms. The molecule has 2 rings (SSSR count). The summed E-state index contributed by atoms with van der Waals surface area (Å²) in [6, 6.07) is 10.6. The van der Waals surface area contributed by atoms with Gasteiger partial charge in [-0.15, -0.1) is 0 Å². The highest BCUT2D eigenvalue weighted by atomic mass is 19.1. The standard InChI is InChI=1S/C15H11FN2O3/c16-14-7-12(3-6-15(14)20)9-18-17-8-11-1-4-13(5-2-11)21-10-19/h1-10,20H/b17-8+,18-9+. The second-order valence-corrected chi connectivity index (χ2v) is 3.98. The Morgan fingerprint density at radius 1 is 1.00 bits per heavy atom. The molecule has 5 nitrogen and oxygen atoms in total. The van der Waals surface area contributed by atoms with Crippen LogP contribution in [0.5, 0.6) is 11.5 Å². The molecular weight excluding hydrogens is 275 g/mol. The summed E-state index contributed by atoms with van der Waals surface area (Å²) in [6.45, 7) is 0.351. The lowest BCUT2D eigenvalue weighted by Crippen LogP contribution is -1.88. The Kier molecular flexibility index (Phi) is 4.76. The van der Waals surface area contributed by atoms with Crippen LogP contribution in [0.1, 0.15) is 11.1 Å². The Labute approximate surface area is 120 Å². The van der Waals surface area contributed by atoms with E-state index in [1.807, 2.05) is 0 Å². The van der Waals surface area contributed by atoms with Gasteiger partial charge >= 0.3 is 0 Å². The molecule has 0 saturated heterocycles. The maximum Gasteiger partial charge on any atom is 0.298 e. The second-order valence-electron chi connectivity index (χ2n) is 3.98. The fraction of sp³-hybridized carbons (Fsp3) is 0. The molecule has 0 unspecified atom stereocenters. The number of phenols is 1. The Morgan fingerprint density at radius 2 is 1.62 bits per heavy atom. The predicted octanol–water partition coefficient (Wildman–Crippen LogP) is 2.52. The summed E-state index contributed by atoms with van der Waals surface area (Å²) in [7, 11) is 0. The van der Waals surface area contributed by atoms with Crippen LogP contribution in [0.3, 0.4) is 0 Å². The first-order valence-corrected chi connectivity index (χ1v) is 5.94. The molecule has 2 aromatic rings. The molecule has 106 valence electrons. The molecule has 0 aliphatic heterocycles. The molecule has 0 aliphatic carbocycles. The summed E-state index contributed by atoms with van der Waals surface area (Å²) in [6.07, 6.45) is 2.86. The van der Waals surface area contributed by atoms with Crippen LogP contribution in [-0.2, 0) is 4.79 Å². The van der Waals surface area contributed by atoms with Crippen LogP contribution < -0.4 is 4.74 Å².